The van der Waals surface area contributed by atoms with Gasteiger partial charge in [-0.15, -0.1) is 11.3 Å². The molecule has 4 atom stereocenters. The summed E-state index contributed by atoms with van der Waals surface area (Å²) in [6.45, 7) is 17.0. The maximum Gasteiger partial charge on any atom is 0.251 e. The van der Waals surface area contributed by atoms with Gasteiger partial charge in [-0.2, -0.15) is 5.26 Å². The van der Waals surface area contributed by atoms with E-state index in [1.165, 1.54) is 4.90 Å². The molecule has 1 saturated carbocycles. The average molecular weight is 994 g/mol. The van der Waals surface area contributed by atoms with Crippen molar-refractivity contribution >= 4 is 46.6 Å². The standard InChI is InChI=1S/C53H65ClN8O7S/c1-32(35-13-15-36(16-14-35)46-33(2)56-31-70-46)57-48(66)43-24-40(63)27-62(43)49(67)45(39-29-68-30-39)58-44(64)28-61-22-20-60(21-23-61)19-7-8-34-9-11-37(12-10-34)47(65)59-50-52(3,4)51(53(50,5)6)69-41-18-17-38(26-55)42(54)25-41/h9-18,25,31-32,39-40,43,45,50-51,63H,7-8,19-24,27-30H2,1-6H3,(H,57,66)(H,58,64)(H,59,65)/t32-,40+,43-,45+,50?,51?/m0/s1. The summed E-state index contributed by atoms with van der Waals surface area (Å²) >= 11 is 7.84. The number of aryl methyl sites for hydroxylation is 2. The molecule has 4 N–H and O–H groups in total. The van der Waals surface area contributed by atoms with Crippen LogP contribution in [0, 0.1) is 35.0 Å². The molecule has 4 aliphatic rings. The molecule has 4 amide bonds. The molecule has 15 nitrogen and oxygen atoms in total. The quantitative estimate of drug-likeness (QED) is 0.101. The Balaban J connectivity index is 0.759. The summed E-state index contributed by atoms with van der Waals surface area (Å²) in [5.74, 6) is -0.758. The first-order valence-corrected chi connectivity index (χ1v) is 25.6. The summed E-state index contributed by atoms with van der Waals surface area (Å²) in [7, 11) is 0. The predicted octanol–water partition coefficient (Wildman–Crippen LogP) is 5.78. The summed E-state index contributed by atoms with van der Waals surface area (Å²) in [6, 6.07) is 20.7. The molecule has 4 aromatic rings. The first-order valence-electron chi connectivity index (χ1n) is 24.3. The Morgan fingerprint density at radius 3 is 2.27 bits per heavy atom. The summed E-state index contributed by atoms with van der Waals surface area (Å²) in [5.41, 5.74) is 6.17. The second-order valence-corrected chi connectivity index (χ2v) is 21.8. The summed E-state index contributed by atoms with van der Waals surface area (Å²) in [5, 5.41) is 29.6. The molecule has 3 saturated heterocycles. The molecular formula is C53H65ClN8O7S. The number of aromatic nitrogens is 1. The Labute approximate surface area is 419 Å². The maximum absolute atomic E-state index is 14.2. The monoisotopic (exact) mass is 992 g/mol. The first kappa shape index (κ1) is 51.0. The van der Waals surface area contributed by atoms with Gasteiger partial charge in [-0.3, -0.25) is 24.1 Å². The van der Waals surface area contributed by atoms with Crippen molar-refractivity contribution in [3.63, 3.8) is 0 Å². The lowest BCUT2D eigenvalue weighted by Crippen LogP contribution is -2.74. The van der Waals surface area contributed by atoms with Gasteiger partial charge in [0, 0.05) is 73.6 Å². The number of rotatable bonds is 17. The third-order valence-corrected chi connectivity index (χ3v) is 16.1. The number of likely N-dealkylation sites (tertiary alicyclic amines) is 1. The van der Waals surface area contributed by atoms with Crippen molar-refractivity contribution in [3.05, 3.63) is 105 Å². The lowest BCUT2D eigenvalue weighted by Gasteiger charge is -2.63. The number of benzene rings is 3. The van der Waals surface area contributed by atoms with Crippen molar-refractivity contribution in [1.29, 1.82) is 5.26 Å². The van der Waals surface area contributed by atoms with Gasteiger partial charge in [0.15, 0.2) is 0 Å². The Morgan fingerprint density at radius 2 is 1.66 bits per heavy atom. The maximum atomic E-state index is 14.2. The number of piperazine rings is 1. The van der Waals surface area contributed by atoms with Gasteiger partial charge in [-0.25, -0.2) is 4.98 Å². The van der Waals surface area contributed by atoms with Crippen LogP contribution in [0.4, 0.5) is 0 Å². The number of thiazole rings is 1. The lowest BCUT2D eigenvalue weighted by atomic mass is 9.49. The molecule has 4 fully saturated rings. The number of hydrogen-bond acceptors (Lipinski definition) is 12. The number of carbonyl (C=O) groups excluding carboxylic acids is 4. The van der Waals surface area contributed by atoms with Gasteiger partial charge in [-0.1, -0.05) is 75.7 Å². The highest BCUT2D eigenvalue weighted by Crippen LogP contribution is 2.55. The van der Waals surface area contributed by atoms with E-state index < -0.39 is 18.2 Å². The SMILES string of the molecule is Cc1ncsc1-c1ccc([C@H](C)NC(=O)[C@@H]2C[C@@H](O)CN2C(=O)[C@H](NC(=O)CN2CCN(CCCc3ccc(C(=O)NC4C(C)(C)C(Oc5ccc(C#N)c(Cl)c5)C4(C)C)cc3)CC2)C2COC2)cc1. The molecule has 372 valence electrons. The third-order valence-electron chi connectivity index (χ3n) is 14.8. The Kier molecular flexibility index (Phi) is 15.7. The van der Waals surface area contributed by atoms with E-state index in [1.54, 1.807) is 29.5 Å². The van der Waals surface area contributed by atoms with Crippen molar-refractivity contribution in [1.82, 2.24) is 35.6 Å². The molecule has 1 aliphatic carbocycles. The van der Waals surface area contributed by atoms with Crippen LogP contribution in [-0.4, -0.2) is 138 Å². The van der Waals surface area contributed by atoms with E-state index >= 15 is 0 Å². The molecule has 17 heteroatoms. The fourth-order valence-electron chi connectivity index (χ4n) is 10.9. The van der Waals surface area contributed by atoms with Gasteiger partial charge in [0.05, 0.1) is 58.6 Å². The number of aliphatic hydroxyl groups is 1. The average Bonchev–Trinajstić information content (AvgIpc) is 3.94. The van der Waals surface area contributed by atoms with Gasteiger partial charge >= 0.3 is 0 Å². The molecule has 1 aromatic heterocycles. The van der Waals surface area contributed by atoms with Gasteiger partial charge in [0.2, 0.25) is 17.7 Å². The normalized spacial score (nSPS) is 23.0. The van der Waals surface area contributed by atoms with Crippen LogP contribution in [0.5, 0.6) is 5.75 Å². The van der Waals surface area contributed by atoms with E-state index in [2.05, 4.69) is 64.5 Å². The van der Waals surface area contributed by atoms with E-state index in [0.29, 0.717) is 48.2 Å². The van der Waals surface area contributed by atoms with E-state index in [0.717, 1.165) is 59.7 Å². The van der Waals surface area contributed by atoms with Crippen LogP contribution in [0.25, 0.3) is 10.4 Å². The summed E-state index contributed by atoms with van der Waals surface area (Å²) in [6.07, 6.45) is 0.868. The smallest absolute Gasteiger partial charge is 0.251 e. The Morgan fingerprint density at radius 1 is 0.971 bits per heavy atom. The fourth-order valence-corrected chi connectivity index (χ4v) is 12.0. The first-order chi connectivity index (χ1) is 33.4. The van der Waals surface area contributed by atoms with Crippen LogP contribution in [0.3, 0.4) is 0 Å². The predicted molar refractivity (Wildman–Crippen MR) is 268 cm³/mol. The molecule has 4 heterocycles. The van der Waals surface area contributed by atoms with Crippen molar-refractivity contribution in [2.75, 3.05) is 59.0 Å². The van der Waals surface area contributed by atoms with Gasteiger partial charge in [0.25, 0.3) is 5.91 Å². The molecule has 0 bridgehead atoms. The van der Waals surface area contributed by atoms with Gasteiger partial charge in [0.1, 0.15) is 30.0 Å². The number of hydrogen-bond donors (Lipinski definition) is 4. The van der Waals surface area contributed by atoms with Crippen molar-refractivity contribution < 1.29 is 33.8 Å². The van der Waals surface area contributed by atoms with Gasteiger partial charge < -0.3 is 40.3 Å². The molecule has 8 rings (SSSR count). The van der Waals surface area contributed by atoms with Crippen LogP contribution in [0.15, 0.2) is 72.2 Å². The summed E-state index contributed by atoms with van der Waals surface area (Å²) < 4.78 is 11.8. The number of nitrogens with zero attached hydrogens (tertiary/aromatic N) is 5. The number of nitriles is 1. The molecule has 3 aliphatic heterocycles. The van der Waals surface area contributed by atoms with Crippen LogP contribution >= 0.6 is 22.9 Å². The second-order valence-electron chi connectivity index (χ2n) is 20.6. The molecule has 70 heavy (non-hydrogen) atoms. The zero-order chi connectivity index (χ0) is 49.9. The minimum Gasteiger partial charge on any atom is -0.489 e. The minimum absolute atomic E-state index is 0.00844. The largest absolute Gasteiger partial charge is 0.489 e. The number of aliphatic hydroxyl groups excluding tert-OH is 1. The second kappa shape index (κ2) is 21.5. The summed E-state index contributed by atoms with van der Waals surface area (Å²) in [4.78, 5) is 66.3. The van der Waals surface area contributed by atoms with Crippen molar-refractivity contribution in [3.8, 4) is 22.3 Å². The van der Waals surface area contributed by atoms with E-state index in [1.807, 2.05) is 67.9 Å². The minimum atomic E-state index is -0.874. The number of ether oxygens (including phenoxy) is 2. The topological polar surface area (TPSA) is 189 Å². The van der Waals surface area contributed by atoms with E-state index in [9.17, 15) is 29.5 Å². The fraction of sp³-hybridized carbons (Fsp3) is 0.509. The Hall–Kier alpha value is -5.41. The Bertz CT molecular complexity index is 2550. The van der Waals surface area contributed by atoms with Gasteiger partial charge in [-0.05, 0) is 74.2 Å². The molecule has 3 aromatic carbocycles. The van der Waals surface area contributed by atoms with Crippen LogP contribution < -0.4 is 20.7 Å². The number of nitrogens with one attached hydrogen (secondary N) is 3. The third kappa shape index (κ3) is 11.2. The lowest BCUT2D eigenvalue weighted by molar-refractivity contribution is -0.164. The number of β-amino-alcohol motifs (C(OH)–C–C–N with tert-alkyl or cyclic N) is 1. The highest BCUT2D eigenvalue weighted by atomic mass is 35.5. The highest BCUT2D eigenvalue weighted by molar-refractivity contribution is 7.13. The molecule has 0 unspecified atom stereocenters. The number of halogens is 1. The molecular weight excluding hydrogens is 928 g/mol. The van der Waals surface area contributed by atoms with E-state index in [4.69, 9.17) is 21.1 Å². The number of amides is 4. The molecule has 0 radical (unpaired) electrons. The number of carbonyl (C=O) groups is 4. The van der Waals surface area contributed by atoms with Crippen molar-refractivity contribution in [2.45, 2.75) is 97.2 Å². The highest BCUT2D eigenvalue weighted by Gasteiger charge is 2.64. The zero-order valence-electron chi connectivity index (χ0n) is 40.9. The van der Waals surface area contributed by atoms with E-state index in [-0.39, 0.29) is 78.1 Å². The van der Waals surface area contributed by atoms with Crippen LogP contribution in [0.2, 0.25) is 5.02 Å². The van der Waals surface area contributed by atoms with Crippen LogP contribution in [0.1, 0.15) is 86.2 Å². The van der Waals surface area contributed by atoms with Crippen LogP contribution in [-0.2, 0) is 25.5 Å². The zero-order valence-corrected chi connectivity index (χ0v) is 42.4. The van der Waals surface area contributed by atoms with Crippen molar-refractivity contribution in [2.24, 2.45) is 16.7 Å². The molecule has 0 spiro atoms.